The largest absolute Gasteiger partial charge is 0.497 e. The zero-order valence-corrected chi connectivity index (χ0v) is 19.2. The minimum atomic E-state index is -0.213. The van der Waals surface area contributed by atoms with Gasteiger partial charge in [-0.2, -0.15) is 0 Å². The summed E-state index contributed by atoms with van der Waals surface area (Å²) in [6, 6.07) is 21.5. The number of rotatable bonds is 5. The summed E-state index contributed by atoms with van der Waals surface area (Å²) in [6.07, 6.45) is 0.308. The van der Waals surface area contributed by atoms with Crippen LogP contribution in [-0.4, -0.2) is 25.5 Å². The molecule has 1 N–H and O–H groups in total. The van der Waals surface area contributed by atoms with Crippen LogP contribution in [0.3, 0.4) is 0 Å². The zero-order chi connectivity index (χ0) is 22.7. The van der Waals surface area contributed by atoms with Crippen LogP contribution < -0.4 is 15.0 Å². The molecule has 5 nitrogen and oxygen atoms in total. The second-order valence-corrected chi connectivity index (χ2v) is 9.14. The van der Waals surface area contributed by atoms with Gasteiger partial charge in [0.1, 0.15) is 12.3 Å². The van der Waals surface area contributed by atoms with Crippen LogP contribution in [0.15, 0.2) is 71.6 Å². The number of carbonyl (C=O) groups is 2. The first-order chi connectivity index (χ1) is 15.4. The van der Waals surface area contributed by atoms with Gasteiger partial charge in [0.05, 0.1) is 12.8 Å². The predicted molar refractivity (Wildman–Crippen MR) is 130 cm³/mol. The van der Waals surface area contributed by atoms with Gasteiger partial charge in [0.15, 0.2) is 0 Å². The molecule has 1 atom stereocenters. The van der Waals surface area contributed by atoms with Crippen LogP contribution in [0, 0.1) is 13.8 Å². The Balaban J connectivity index is 1.58. The molecule has 0 fully saturated rings. The average molecular weight is 447 g/mol. The van der Waals surface area contributed by atoms with E-state index in [1.807, 2.05) is 80.6 Å². The summed E-state index contributed by atoms with van der Waals surface area (Å²) in [7, 11) is 1.64. The van der Waals surface area contributed by atoms with E-state index in [9.17, 15) is 9.59 Å². The minimum Gasteiger partial charge on any atom is -0.497 e. The van der Waals surface area contributed by atoms with E-state index in [2.05, 4.69) is 5.32 Å². The number of amides is 2. The Labute approximate surface area is 192 Å². The fourth-order valence-electron chi connectivity index (χ4n) is 3.76. The van der Waals surface area contributed by atoms with Crippen LogP contribution in [0.25, 0.3) is 0 Å². The molecule has 32 heavy (non-hydrogen) atoms. The number of nitrogens with zero attached hydrogens (tertiary/aromatic N) is 1. The molecule has 2 amide bonds. The number of benzene rings is 3. The first kappa shape index (κ1) is 22.0. The van der Waals surface area contributed by atoms with E-state index in [0.29, 0.717) is 6.42 Å². The predicted octanol–water partition coefficient (Wildman–Crippen LogP) is 5.52. The molecule has 0 aliphatic carbocycles. The highest BCUT2D eigenvalue weighted by atomic mass is 32.2. The van der Waals surface area contributed by atoms with Gasteiger partial charge in [-0.05, 0) is 60.9 Å². The van der Waals surface area contributed by atoms with Crippen molar-refractivity contribution in [3.8, 4) is 5.75 Å². The molecule has 6 heteroatoms. The third-order valence-electron chi connectivity index (χ3n) is 5.54. The topological polar surface area (TPSA) is 58.6 Å². The van der Waals surface area contributed by atoms with Crippen LogP contribution in [0.5, 0.6) is 5.75 Å². The van der Waals surface area contributed by atoms with Gasteiger partial charge in [0.25, 0.3) is 0 Å². The summed E-state index contributed by atoms with van der Waals surface area (Å²) in [5.74, 6) is 0.498. The summed E-state index contributed by atoms with van der Waals surface area (Å²) in [6.45, 7) is 3.91. The smallest absolute Gasteiger partial charge is 0.244 e. The number of anilines is 2. The molecule has 0 spiro atoms. The number of carbonyl (C=O) groups excluding carboxylic acids is 2. The van der Waals surface area contributed by atoms with Crippen molar-refractivity contribution in [1.29, 1.82) is 0 Å². The quantitative estimate of drug-likeness (QED) is 0.561. The number of aryl methyl sites for hydroxylation is 2. The van der Waals surface area contributed by atoms with E-state index in [4.69, 9.17) is 4.74 Å². The number of methoxy groups -OCH3 is 1. The van der Waals surface area contributed by atoms with Crippen molar-refractivity contribution in [1.82, 2.24) is 0 Å². The van der Waals surface area contributed by atoms with Gasteiger partial charge < -0.3 is 15.0 Å². The lowest BCUT2D eigenvalue weighted by Gasteiger charge is -2.22. The maximum Gasteiger partial charge on any atom is 0.244 e. The Kier molecular flexibility index (Phi) is 6.51. The molecule has 1 aliphatic rings. The minimum absolute atomic E-state index is 0.0286. The lowest BCUT2D eigenvalue weighted by Crippen LogP contribution is -2.38. The Morgan fingerprint density at radius 3 is 2.59 bits per heavy atom. The Bertz CT molecular complexity index is 1140. The second-order valence-electron chi connectivity index (χ2n) is 7.90. The van der Waals surface area contributed by atoms with E-state index in [1.54, 1.807) is 23.8 Å². The van der Waals surface area contributed by atoms with Crippen molar-refractivity contribution < 1.29 is 14.3 Å². The summed E-state index contributed by atoms with van der Waals surface area (Å²) in [5, 5.41) is 2.93. The molecular formula is C26H26N2O3S. The normalized spacial score (nSPS) is 15.7. The molecule has 0 aromatic heterocycles. The fraction of sp³-hybridized carbons (Fsp3) is 0.231. The van der Waals surface area contributed by atoms with Crippen molar-refractivity contribution >= 4 is 35.0 Å². The van der Waals surface area contributed by atoms with Crippen LogP contribution in [-0.2, 0) is 9.59 Å². The Morgan fingerprint density at radius 2 is 1.84 bits per heavy atom. The van der Waals surface area contributed by atoms with Gasteiger partial charge >= 0.3 is 0 Å². The van der Waals surface area contributed by atoms with E-state index < -0.39 is 0 Å². The Morgan fingerprint density at radius 1 is 1.09 bits per heavy atom. The zero-order valence-electron chi connectivity index (χ0n) is 18.4. The average Bonchev–Trinajstić information content (AvgIpc) is 2.93. The molecule has 0 saturated heterocycles. The van der Waals surface area contributed by atoms with Gasteiger partial charge in [-0.1, -0.05) is 36.4 Å². The van der Waals surface area contributed by atoms with Crippen LogP contribution in [0.2, 0.25) is 0 Å². The van der Waals surface area contributed by atoms with Crippen molar-refractivity contribution in [3.05, 3.63) is 83.4 Å². The highest BCUT2D eigenvalue weighted by Crippen LogP contribution is 2.45. The number of hydrogen-bond donors (Lipinski definition) is 1. The number of thioether (sulfide) groups is 1. The summed E-state index contributed by atoms with van der Waals surface area (Å²) in [5.41, 5.74) is 4.66. The number of hydrogen-bond acceptors (Lipinski definition) is 4. The van der Waals surface area contributed by atoms with E-state index >= 15 is 0 Å². The molecule has 0 bridgehead atoms. The molecule has 4 rings (SSSR count). The summed E-state index contributed by atoms with van der Waals surface area (Å²) >= 11 is 1.65. The molecule has 3 aromatic carbocycles. The van der Waals surface area contributed by atoms with Crippen molar-refractivity contribution in [2.45, 2.75) is 30.4 Å². The second kappa shape index (κ2) is 9.49. The van der Waals surface area contributed by atoms with E-state index in [1.165, 1.54) is 0 Å². The molecule has 1 aliphatic heterocycles. The van der Waals surface area contributed by atoms with Gasteiger partial charge in [-0.3, -0.25) is 9.59 Å². The van der Waals surface area contributed by atoms with Crippen molar-refractivity contribution in [3.63, 3.8) is 0 Å². The van der Waals surface area contributed by atoms with Crippen LogP contribution in [0.1, 0.15) is 28.4 Å². The lowest BCUT2D eigenvalue weighted by atomic mass is 10.1. The van der Waals surface area contributed by atoms with Crippen molar-refractivity contribution in [2.75, 3.05) is 23.9 Å². The monoisotopic (exact) mass is 446 g/mol. The van der Waals surface area contributed by atoms with Gasteiger partial charge in [-0.25, -0.2) is 0 Å². The maximum atomic E-state index is 13.3. The first-order valence-corrected chi connectivity index (χ1v) is 11.4. The van der Waals surface area contributed by atoms with E-state index in [0.717, 1.165) is 38.7 Å². The fourth-order valence-corrected chi connectivity index (χ4v) is 5.04. The van der Waals surface area contributed by atoms with Crippen LogP contribution >= 0.6 is 11.8 Å². The molecular weight excluding hydrogens is 420 g/mol. The maximum absolute atomic E-state index is 13.3. The number of para-hydroxylation sites is 1. The molecule has 3 aromatic rings. The standard InChI is InChI=1S/C26H26N2O3S/c1-17-8-9-18(2)21(14-17)27-25(29)16-28-22-6-4-5-7-23(22)32-24(15-26(28)30)19-10-12-20(31-3)13-11-19/h4-14,24H,15-16H2,1-3H3,(H,27,29)/t24-/m1/s1. The number of ether oxygens (including phenoxy) is 1. The molecule has 0 radical (unpaired) electrons. The highest BCUT2D eigenvalue weighted by Gasteiger charge is 2.30. The van der Waals surface area contributed by atoms with E-state index in [-0.39, 0.29) is 23.6 Å². The van der Waals surface area contributed by atoms with Gasteiger partial charge in [0, 0.05) is 22.3 Å². The van der Waals surface area contributed by atoms with Gasteiger partial charge in [0.2, 0.25) is 11.8 Å². The highest BCUT2D eigenvalue weighted by molar-refractivity contribution is 7.99. The molecule has 0 unspecified atom stereocenters. The summed E-state index contributed by atoms with van der Waals surface area (Å²) in [4.78, 5) is 28.8. The SMILES string of the molecule is COc1ccc([C@H]2CC(=O)N(CC(=O)Nc3cc(C)ccc3C)c3ccccc3S2)cc1. The first-order valence-electron chi connectivity index (χ1n) is 10.5. The third-order valence-corrected chi connectivity index (χ3v) is 6.87. The molecule has 1 heterocycles. The van der Waals surface area contributed by atoms with Gasteiger partial charge in [-0.15, -0.1) is 11.8 Å². The number of nitrogens with one attached hydrogen (secondary N) is 1. The Hall–Kier alpha value is -3.25. The number of fused-ring (bicyclic) bond motifs is 1. The third kappa shape index (κ3) is 4.81. The van der Waals surface area contributed by atoms with Crippen LogP contribution in [0.4, 0.5) is 11.4 Å². The molecule has 164 valence electrons. The molecule has 0 saturated carbocycles. The summed E-state index contributed by atoms with van der Waals surface area (Å²) < 4.78 is 5.26. The lowest BCUT2D eigenvalue weighted by molar-refractivity contribution is -0.121. The van der Waals surface area contributed by atoms with Crippen molar-refractivity contribution in [2.24, 2.45) is 0 Å².